The number of aromatic nitrogens is 2. The Hall–Kier alpha value is -2.80. The van der Waals surface area contributed by atoms with Crippen LogP contribution in [0.1, 0.15) is 40.7 Å². The highest BCUT2D eigenvalue weighted by molar-refractivity contribution is 9.10. The van der Waals surface area contributed by atoms with Crippen molar-refractivity contribution >= 4 is 21.8 Å². The molecule has 2 aromatic carbocycles. The minimum atomic E-state index is -0.0857. The first kappa shape index (κ1) is 22.9. The Bertz CT molecular complexity index is 1020. The molecule has 31 heavy (non-hydrogen) atoms. The average molecular weight is 486 g/mol. The smallest absolute Gasteiger partial charge is 0.251 e. The zero-order valence-corrected chi connectivity index (χ0v) is 19.7. The zero-order valence-electron chi connectivity index (χ0n) is 18.2. The number of hydrogen-bond acceptors (Lipinski definition) is 4. The van der Waals surface area contributed by atoms with Crippen molar-refractivity contribution in [2.24, 2.45) is 0 Å². The monoisotopic (exact) mass is 485 g/mol. The molecule has 0 bridgehead atoms. The number of benzene rings is 2. The third-order valence-corrected chi connectivity index (χ3v) is 6.00. The minimum Gasteiger partial charge on any atom is -0.494 e. The second kappa shape index (κ2) is 11.0. The molecule has 0 radical (unpaired) electrons. The summed E-state index contributed by atoms with van der Waals surface area (Å²) in [6.07, 6.45) is 0.806. The summed E-state index contributed by atoms with van der Waals surface area (Å²) in [5, 5.41) is 7.47. The quantitative estimate of drug-likeness (QED) is 0.407. The number of amides is 1. The summed E-state index contributed by atoms with van der Waals surface area (Å²) in [6, 6.07) is 15.0. The Labute approximate surface area is 191 Å². The van der Waals surface area contributed by atoms with Gasteiger partial charge in [0.05, 0.1) is 16.8 Å². The third-order valence-electron chi connectivity index (χ3n) is 4.85. The van der Waals surface area contributed by atoms with Crippen molar-refractivity contribution in [1.29, 1.82) is 0 Å². The summed E-state index contributed by atoms with van der Waals surface area (Å²) in [6.45, 7) is 8.33. The van der Waals surface area contributed by atoms with Crippen LogP contribution in [0, 0.1) is 13.8 Å². The molecule has 0 atom stereocenters. The molecule has 0 fully saturated rings. The zero-order chi connectivity index (χ0) is 22.2. The van der Waals surface area contributed by atoms with Crippen LogP contribution in [0.2, 0.25) is 0 Å². The fourth-order valence-corrected chi connectivity index (χ4v) is 3.48. The molecule has 1 heterocycles. The summed E-state index contributed by atoms with van der Waals surface area (Å²) < 4.78 is 14.3. The maximum atomic E-state index is 12.5. The molecule has 0 aliphatic carbocycles. The van der Waals surface area contributed by atoms with E-state index in [4.69, 9.17) is 9.47 Å². The highest BCUT2D eigenvalue weighted by Gasteiger charge is 2.09. The van der Waals surface area contributed by atoms with Crippen LogP contribution in [0.4, 0.5) is 0 Å². The second-order valence-corrected chi connectivity index (χ2v) is 8.00. The molecule has 6 nitrogen and oxygen atoms in total. The molecule has 1 amide bonds. The normalized spacial score (nSPS) is 10.7. The fourth-order valence-electron chi connectivity index (χ4n) is 3.19. The van der Waals surface area contributed by atoms with E-state index in [2.05, 4.69) is 26.3 Å². The van der Waals surface area contributed by atoms with Crippen LogP contribution >= 0.6 is 15.9 Å². The highest BCUT2D eigenvalue weighted by atomic mass is 79.9. The number of ether oxygens (including phenoxy) is 2. The first-order chi connectivity index (χ1) is 15.0. The van der Waals surface area contributed by atoms with Crippen molar-refractivity contribution < 1.29 is 14.3 Å². The number of nitrogens with zero attached hydrogens (tertiary/aromatic N) is 2. The van der Waals surface area contributed by atoms with E-state index in [1.165, 1.54) is 0 Å². The first-order valence-electron chi connectivity index (χ1n) is 10.4. The van der Waals surface area contributed by atoms with Crippen LogP contribution in [0.3, 0.4) is 0 Å². The van der Waals surface area contributed by atoms with Crippen LogP contribution in [-0.4, -0.2) is 28.8 Å². The summed E-state index contributed by atoms with van der Waals surface area (Å²) in [4.78, 5) is 12.5. The minimum absolute atomic E-state index is 0.0857. The van der Waals surface area contributed by atoms with Gasteiger partial charge in [-0.15, -0.1) is 0 Å². The molecule has 0 saturated carbocycles. The maximum Gasteiger partial charge on any atom is 0.251 e. The molecule has 0 aliphatic heterocycles. The number of carbonyl (C=O) groups excluding carboxylic acids is 1. The molecule has 164 valence electrons. The summed E-state index contributed by atoms with van der Waals surface area (Å²) in [7, 11) is 0. The maximum absolute atomic E-state index is 12.5. The lowest BCUT2D eigenvalue weighted by Crippen LogP contribution is -2.25. The van der Waals surface area contributed by atoms with Gasteiger partial charge in [-0.1, -0.05) is 12.1 Å². The summed E-state index contributed by atoms with van der Waals surface area (Å²) in [5.74, 6) is 1.49. The predicted molar refractivity (Wildman–Crippen MR) is 125 cm³/mol. The molecule has 3 aromatic rings. The van der Waals surface area contributed by atoms with E-state index >= 15 is 0 Å². The van der Waals surface area contributed by atoms with E-state index in [1.54, 1.807) is 0 Å². The molecule has 0 saturated heterocycles. The van der Waals surface area contributed by atoms with Crippen molar-refractivity contribution in [3.8, 4) is 11.5 Å². The molecular formula is C24H28BrN3O3. The van der Waals surface area contributed by atoms with Gasteiger partial charge in [-0.3, -0.25) is 9.48 Å². The van der Waals surface area contributed by atoms with Crippen LogP contribution in [0.15, 0.2) is 53.0 Å². The lowest BCUT2D eigenvalue weighted by molar-refractivity contribution is 0.0952. The Morgan fingerprint density at radius 2 is 1.81 bits per heavy atom. The fraction of sp³-hybridized carbons (Fsp3) is 0.333. The van der Waals surface area contributed by atoms with Crippen molar-refractivity contribution in [3.63, 3.8) is 0 Å². The Balaban J connectivity index is 1.47. The van der Waals surface area contributed by atoms with Gasteiger partial charge in [0, 0.05) is 24.3 Å². The van der Waals surface area contributed by atoms with E-state index in [0.29, 0.717) is 25.3 Å². The molecular weight excluding hydrogens is 458 g/mol. The van der Waals surface area contributed by atoms with Crippen molar-refractivity contribution in [2.75, 3.05) is 13.2 Å². The number of hydrogen-bond donors (Lipinski definition) is 1. The molecule has 3 rings (SSSR count). The lowest BCUT2D eigenvalue weighted by Gasteiger charge is -2.10. The van der Waals surface area contributed by atoms with Crippen molar-refractivity contribution in [3.05, 3.63) is 75.5 Å². The summed E-state index contributed by atoms with van der Waals surface area (Å²) in [5.41, 5.74) is 3.64. The second-order valence-electron chi connectivity index (χ2n) is 7.21. The van der Waals surface area contributed by atoms with E-state index < -0.39 is 0 Å². The standard InChI is InChI=1S/C24H28BrN3O3/c1-4-30-21-9-11-22(12-10-21)31-16-19-7-5-8-20(15-19)24(29)26-13-6-14-28-18(3)23(25)17(2)27-28/h5,7-12,15H,4,6,13-14,16H2,1-3H3,(H,26,29). The molecule has 7 heteroatoms. The van der Waals surface area contributed by atoms with Gasteiger partial charge in [0.1, 0.15) is 18.1 Å². The van der Waals surface area contributed by atoms with E-state index in [1.807, 2.05) is 74.0 Å². The van der Waals surface area contributed by atoms with Gasteiger partial charge in [-0.2, -0.15) is 5.10 Å². The number of halogens is 1. The third kappa shape index (κ3) is 6.34. The van der Waals surface area contributed by atoms with Gasteiger partial charge < -0.3 is 14.8 Å². The largest absolute Gasteiger partial charge is 0.494 e. The van der Waals surface area contributed by atoms with Gasteiger partial charge in [-0.25, -0.2) is 0 Å². The highest BCUT2D eigenvalue weighted by Crippen LogP contribution is 2.20. The Kier molecular flexibility index (Phi) is 8.12. The van der Waals surface area contributed by atoms with Gasteiger partial charge in [0.15, 0.2) is 0 Å². The lowest BCUT2D eigenvalue weighted by atomic mass is 10.1. The van der Waals surface area contributed by atoms with Gasteiger partial charge in [0.2, 0.25) is 0 Å². The topological polar surface area (TPSA) is 65.4 Å². The number of rotatable bonds is 10. The number of aryl methyl sites for hydroxylation is 2. The molecule has 1 N–H and O–H groups in total. The van der Waals surface area contributed by atoms with Gasteiger partial charge >= 0.3 is 0 Å². The molecule has 0 aliphatic rings. The van der Waals surface area contributed by atoms with Crippen LogP contribution in [0.5, 0.6) is 11.5 Å². The first-order valence-corrected chi connectivity index (χ1v) is 11.2. The van der Waals surface area contributed by atoms with Crippen LogP contribution in [0.25, 0.3) is 0 Å². The molecule has 1 aromatic heterocycles. The Morgan fingerprint density at radius 1 is 1.10 bits per heavy atom. The Morgan fingerprint density at radius 3 is 2.45 bits per heavy atom. The van der Waals surface area contributed by atoms with E-state index in [0.717, 1.165) is 45.9 Å². The van der Waals surface area contributed by atoms with Crippen LogP contribution < -0.4 is 14.8 Å². The SMILES string of the molecule is CCOc1ccc(OCc2cccc(C(=O)NCCCn3nc(C)c(Br)c3C)c2)cc1. The molecule has 0 spiro atoms. The van der Waals surface area contributed by atoms with Gasteiger partial charge in [0.25, 0.3) is 5.91 Å². The van der Waals surface area contributed by atoms with Gasteiger partial charge in [-0.05, 0) is 85.1 Å². The number of nitrogens with one attached hydrogen (secondary N) is 1. The molecule has 0 unspecified atom stereocenters. The predicted octanol–water partition coefficient (Wildman–Crippen LogP) is 5.06. The average Bonchev–Trinajstić information content (AvgIpc) is 3.03. The van der Waals surface area contributed by atoms with Crippen molar-refractivity contribution in [2.45, 2.75) is 40.3 Å². The van der Waals surface area contributed by atoms with Crippen molar-refractivity contribution in [1.82, 2.24) is 15.1 Å². The number of carbonyl (C=O) groups is 1. The van der Waals surface area contributed by atoms with E-state index in [-0.39, 0.29) is 5.91 Å². The van der Waals surface area contributed by atoms with Crippen LogP contribution in [-0.2, 0) is 13.2 Å². The summed E-state index contributed by atoms with van der Waals surface area (Å²) >= 11 is 3.54. The van der Waals surface area contributed by atoms with E-state index in [9.17, 15) is 4.79 Å².